The Morgan fingerprint density at radius 2 is 1.89 bits per heavy atom. The van der Waals surface area contributed by atoms with Gasteiger partial charge in [-0.15, -0.1) is 0 Å². The molecule has 1 atom stereocenters. The van der Waals surface area contributed by atoms with E-state index < -0.39 is 0 Å². The lowest BCUT2D eigenvalue weighted by molar-refractivity contribution is 0.203. The van der Waals surface area contributed by atoms with E-state index in [1.54, 1.807) is 0 Å². The molecule has 2 rings (SSSR count). The summed E-state index contributed by atoms with van der Waals surface area (Å²) in [7, 11) is 2.07. The van der Waals surface area contributed by atoms with Crippen molar-refractivity contribution in [2.24, 2.45) is 11.7 Å². The minimum atomic E-state index is 0.205. The van der Waals surface area contributed by atoms with Crippen molar-refractivity contribution in [3.8, 4) is 0 Å². The first-order valence-corrected chi connectivity index (χ1v) is 7.37. The Morgan fingerprint density at radius 1 is 1.26 bits per heavy atom. The SMILES string of the molecule is CNC(c1cc(C(C)(C)C)ccc1C)C1CC(N)C1. The van der Waals surface area contributed by atoms with Gasteiger partial charge in [-0.1, -0.05) is 39.0 Å². The summed E-state index contributed by atoms with van der Waals surface area (Å²) in [4.78, 5) is 0. The molecule has 0 aliphatic heterocycles. The minimum Gasteiger partial charge on any atom is -0.328 e. The first-order chi connectivity index (χ1) is 8.82. The highest BCUT2D eigenvalue weighted by atomic mass is 14.9. The molecule has 3 N–H and O–H groups in total. The fourth-order valence-corrected chi connectivity index (χ4v) is 3.07. The summed E-state index contributed by atoms with van der Waals surface area (Å²) in [5, 5.41) is 3.50. The summed E-state index contributed by atoms with van der Waals surface area (Å²) in [6.45, 7) is 9.03. The Morgan fingerprint density at radius 3 is 2.37 bits per heavy atom. The van der Waals surface area contributed by atoms with Gasteiger partial charge in [-0.3, -0.25) is 0 Å². The Labute approximate surface area is 117 Å². The zero-order chi connectivity index (χ0) is 14.2. The molecule has 1 aliphatic rings. The quantitative estimate of drug-likeness (QED) is 0.875. The molecular formula is C17H28N2. The molecule has 2 heteroatoms. The number of nitrogens with one attached hydrogen (secondary N) is 1. The van der Waals surface area contributed by atoms with Gasteiger partial charge >= 0.3 is 0 Å². The molecule has 1 aromatic rings. The lowest BCUT2D eigenvalue weighted by Gasteiger charge is -2.39. The highest BCUT2D eigenvalue weighted by Crippen LogP contribution is 2.39. The summed E-state index contributed by atoms with van der Waals surface area (Å²) < 4.78 is 0. The molecule has 1 unspecified atom stereocenters. The Balaban J connectivity index is 2.31. The van der Waals surface area contributed by atoms with Gasteiger partial charge in [0.15, 0.2) is 0 Å². The fraction of sp³-hybridized carbons (Fsp3) is 0.647. The van der Waals surface area contributed by atoms with Crippen LogP contribution in [0.5, 0.6) is 0 Å². The third kappa shape index (κ3) is 3.01. The second-order valence-electron chi connectivity index (χ2n) is 7.08. The van der Waals surface area contributed by atoms with Gasteiger partial charge in [-0.2, -0.15) is 0 Å². The molecule has 0 spiro atoms. The van der Waals surface area contributed by atoms with Crippen LogP contribution >= 0.6 is 0 Å². The maximum Gasteiger partial charge on any atom is 0.0350 e. The van der Waals surface area contributed by atoms with E-state index in [0.717, 1.165) is 12.8 Å². The van der Waals surface area contributed by atoms with Gasteiger partial charge in [0, 0.05) is 12.1 Å². The van der Waals surface area contributed by atoms with Crippen LogP contribution in [-0.2, 0) is 5.41 Å². The lowest BCUT2D eigenvalue weighted by Crippen LogP contribution is -2.42. The standard InChI is InChI=1S/C17H28N2/c1-11-6-7-13(17(2,3)4)10-15(11)16(19-5)12-8-14(18)9-12/h6-7,10,12,14,16,19H,8-9,18H2,1-5H3. The average Bonchev–Trinajstić information content (AvgIpc) is 2.28. The number of hydrogen-bond acceptors (Lipinski definition) is 2. The van der Waals surface area contributed by atoms with Gasteiger partial charge in [0.25, 0.3) is 0 Å². The maximum absolute atomic E-state index is 5.95. The molecule has 106 valence electrons. The van der Waals surface area contributed by atoms with Gasteiger partial charge in [0.2, 0.25) is 0 Å². The van der Waals surface area contributed by atoms with Gasteiger partial charge in [0.05, 0.1) is 0 Å². The third-order valence-corrected chi connectivity index (χ3v) is 4.47. The van der Waals surface area contributed by atoms with Gasteiger partial charge < -0.3 is 11.1 Å². The predicted molar refractivity (Wildman–Crippen MR) is 82.4 cm³/mol. The van der Waals surface area contributed by atoms with Crippen LogP contribution in [0.1, 0.15) is 56.3 Å². The number of hydrogen-bond donors (Lipinski definition) is 2. The van der Waals surface area contributed by atoms with Crippen LogP contribution in [0.25, 0.3) is 0 Å². The van der Waals surface area contributed by atoms with E-state index in [4.69, 9.17) is 5.73 Å². The summed E-state index contributed by atoms with van der Waals surface area (Å²) in [6, 6.07) is 7.77. The molecule has 1 aliphatic carbocycles. The van der Waals surface area contributed by atoms with Crippen LogP contribution in [-0.4, -0.2) is 13.1 Å². The van der Waals surface area contributed by atoms with Crippen LogP contribution in [0, 0.1) is 12.8 Å². The zero-order valence-corrected chi connectivity index (χ0v) is 13.0. The van der Waals surface area contributed by atoms with Crippen molar-refractivity contribution in [3.63, 3.8) is 0 Å². The summed E-state index contributed by atoms with van der Waals surface area (Å²) >= 11 is 0. The first-order valence-electron chi connectivity index (χ1n) is 7.37. The summed E-state index contributed by atoms with van der Waals surface area (Å²) in [5.41, 5.74) is 10.4. The average molecular weight is 260 g/mol. The molecule has 2 nitrogen and oxygen atoms in total. The van der Waals surface area contributed by atoms with Crippen LogP contribution < -0.4 is 11.1 Å². The molecule has 0 radical (unpaired) electrons. The molecule has 1 saturated carbocycles. The highest BCUT2D eigenvalue weighted by Gasteiger charge is 2.33. The molecule has 0 saturated heterocycles. The second kappa shape index (κ2) is 5.26. The number of aryl methyl sites for hydroxylation is 1. The van der Waals surface area contributed by atoms with Crippen molar-refractivity contribution in [1.82, 2.24) is 5.32 Å². The zero-order valence-electron chi connectivity index (χ0n) is 13.0. The van der Waals surface area contributed by atoms with Crippen LogP contribution in [0.3, 0.4) is 0 Å². The molecule has 0 amide bonds. The fourth-order valence-electron chi connectivity index (χ4n) is 3.07. The van der Waals surface area contributed by atoms with E-state index in [1.165, 1.54) is 16.7 Å². The van der Waals surface area contributed by atoms with Crippen molar-refractivity contribution in [2.45, 2.75) is 58.0 Å². The van der Waals surface area contributed by atoms with Crippen molar-refractivity contribution in [1.29, 1.82) is 0 Å². The topological polar surface area (TPSA) is 38.0 Å². The van der Waals surface area contributed by atoms with Gasteiger partial charge in [-0.05, 0) is 54.8 Å². The van der Waals surface area contributed by atoms with Gasteiger partial charge in [-0.25, -0.2) is 0 Å². The summed E-state index contributed by atoms with van der Waals surface area (Å²) in [6.07, 6.45) is 2.29. The van der Waals surface area contributed by atoms with E-state index in [0.29, 0.717) is 18.0 Å². The smallest absolute Gasteiger partial charge is 0.0350 e. The van der Waals surface area contributed by atoms with Gasteiger partial charge in [0.1, 0.15) is 0 Å². The number of rotatable bonds is 3. The Hall–Kier alpha value is -0.860. The molecule has 0 aromatic heterocycles. The summed E-state index contributed by atoms with van der Waals surface area (Å²) in [5.74, 6) is 0.689. The molecule has 19 heavy (non-hydrogen) atoms. The van der Waals surface area contributed by atoms with E-state index in [9.17, 15) is 0 Å². The molecule has 1 aromatic carbocycles. The number of nitrogens with two attached hydrogens (primary N) is 1. The predicted octanol–water partition coefficient (Wildman–Crippen LogP) is 3.29. The van der Waals surface area contributed by atoms with Crippen molar-refractivity contribution >= 4 is 0 Å². The Bertz CT molecular complexity index is 439. The Kier molecular flexibility index (Phi) is 4.03. The normalized spacial score (nSPS) is 24.9. The van der Waals surface area contributed by atoms with Crippen molar-refractivity contribution in [2.75, 3.05) is 7.05 Å². The van der Waals surface area contributed by atoms with E-state index >= 15 is 0 Å². The van der Waals surface area contributed by atoms with Crippen molar-refractivity contribution < 1.29 is 0 Å². The largest absolute Gasteiger partial charge is 0.328 e. The maximum atomic E-state index is 5.95. The molecule has 0 bridgehead atoms. The van der Waals surface area contributed by atoms with E-state index in [-0.39, 0.29) is 5.41 Å². The number of benzene rings is 1. The van der Waals surface area contributed by atoms with E-state index in [2.05, 4.69) is 58.3 Å². The first kappa shape index (κ1) is 14.5. The molecule has 1 fully saturated rings. The minimum absolute atomic E-state index is 0.205. The monoisotopic (exact) mass is 260 g/mol. The van der Waals surface area contributed by atoms with Crippen LogP contribution in [0.2, 0.25) is 0 Å². The lowest BCUT2D eigenvalue weighted by atomic mass is 9.72. The van der Waals surface area contributed by atoms with Crippen molar-refractivity contribution in [3.05, 3.63) is 34.9 Å². The third-order valence-electron chi connectivity index (χ3n) is 4.47. The molecular weight excluding hydrogens is 232 g/mol. The van der Waals surface area contributed by atoms with E-state index in [1.807, 2.05) is 0 Å². The second-order valence-corrected chi connectivity index (χ2v) is 7.08. The van der Waals surface area contributed by atoms with Crippen LogP contribution in [0.4, 0.5) is 0 Å². The van der Waals surface area contributed by atoms with Crippen LogP contribution in [0.15, 0.2) is 18.2 Å². The molecule has 0 heterocycles. The highest BCUT2D eigenvalue weighted by molar-refractivity contribution is 5.37.